The topological polar surface area (TPSA) is 97.6 Å². The minimum atomic E-state index is -4.73. The van der Waals surface area contributed by atoms with Gasteiger partial charge in [0.25, 0.3) is 5.91 Å². The van der Waals surface area contributed by atoms with Gasteiger partial charge in [-0.25, -0.2) is 8.91 Å². The molecule has 0 radical (unpaired) electrons. The lowest BCUT2D eigenvalue weighted by molar-refractivity contribution is -0.153. The summed E-state index contributed by atoms with van der Waals surface area (Å²) in [5.41, 5.74) is 3.00. The zero-order chi connectivity index (χ0) is 33.8. The highest BCUT2D eigenvalue weighted by molar-refractivity contribution is 5.95. The minimum Gasteiger partial charge on any atom is -0.482 e. The second-order valence-electron chi connectivity index (χ2n) is 10.4. The molecule has 0 fully saturated rings. The molecule has 0 atom stereocenters. The number of nitrogens with zero attached hydrogens (tertiary/aromatic N) is 3. The Morgan fingerprint density at radius 2 is 1.43 bits per heavy atom. The van der Waals surface area contributed by atoms with Gasteiger partial charge in [-0.15, -0.1) is 5.10 Å². The number of carbonyl (C=O) groups excluding carboxylic acids is 2. The largest absolute Gasteiger partial charge is 0.482 e. The summed E-state index contributed by atoms with van der Waals surface area (Å²) in [5.74, 6) is -2.06. The Balaban J connectivity index is 1.29. The summed E-state index contributed by atoms with van der Waals surface area (Å²) in [5, 5.41) is 8.68. The first kappa shape index (κ1) is 32.9. The molecule has 5 rings (SSSR count). The lowest BCUT2D eigenvalue weighted by Gasteiger charge is -2.15. The number of aromatic nitrogens is 3. The highest BCUT2D eigenvalue weighted by Crippen LogP contribution is 2.31. The molecule has 1 amide bonds. The first-order chi connectivity index (χ1) is 22.2. The predicted octanol–water partition coefficient (Wildman–Crippen LogP) is 6.87. The van der Waals surface area contributed by atoms with Gasteiger partial charge in [0.05, 0.1) is 5.69 Å². The molecule has 8 nitrogen and oxygen atoms in total. The van der Waals surface area contributed by atoms with Crippen molar-refractivity contribution < 1.29 is 45.1 Å². The van der Waals surface area contributed by atoms with Crippen molar-refractivity contribution in [2.75, 3.05) is 18.5 Å². The molecule has 2 heterocycles. The maximum absolute atomic E-state index is 13.1. The van der Waals surface area contributed by atoms with E-state index in [2.05, 4.69) is 15.4 Å². The normalized spacial score (nSPS) is 11.8. The number of nitrogens with one attached hydrogen (secondary N) is 2. The molecule has 0 unspecified atom stereocenters. The lowest BCUT2D eigenvalue weighted by atomic mass is 10.0. The maximum Gasteiger partial charge on any atom is 0.422 e. The third kappa shape index (κ3) is 9.28. The van der Waals surface area contributed by atoms with Crippen molar-refractivity contribution in [1.29, 1.82) is 0 Å². The van der Waals surface area contributed by atoms with Gasteiger partial charge in [-0.05, 0) is 59.2 Å². The highest BCUT2D eigenvalue weighted by Gasteiger charge is 2.30. The van der Waals surface area contributed by atoms with E-state index in [0.29, 0.717) is 5.65 Å². The number of alkyl halides is 6. The van der Waals surface area contributed by atoms with Crippen molar-refractivity contribution in [3.05, 3.63) is 108 Å². The molecular formula is C32H24F7N5O3. The Morgan fingerprint density at radius 3 is 2.06 bits per heavy atom. The Bertz CT molecular complexity index is 1890. The number of rotatable bonds is 11. The van der Waals surface area contributed by atoms with Crippen molar-refractivity contribution in [3.63, 3.8) is 0 Å². The van der Waals surface area contributed by atoms with E-state index >= 15 is 0 Å². The molecule has 0 saturated heterocycles. The Morgan fingerprint density at radius 1 is 0.787 bits per heavy atom. The maximum atomic E-state index is 13.1. The number of hydrogen-bond donors (Lipinski definition) is 2. The van der Waals surface area contributed by atoms with Crippen LogP contribution in [0.4, 0.5) is 42.4 Å². The second-order valence-corrected chi connectivity index (χ2v) is 10.4. The molecule has 244 valence electrons. The number of halogens is 7. The quantitative estimate of drug-likeness (QED) is 0.150. The van der Waals surface area contributed by atoms with Crippen LogP contribution in [0.5, 0.6) is 5.75 Å². The summed E-state index contributed by atoms with van der Waals surface area (Å²) in [4.78, 5) is 28.9. The number of Topliss-reactive ketones (excluding diaryl/α,β-unsaturated/α-hetero) is 1. The number of fused-ring (bicyclic) bond motifs is 1. The second kappa shape index (κ2) is 13.5. The first-order valence-corrected chi connectivity index (χ1v) is 13.9. The number of benzene rings is 3. The smallest absolute Gasteiger partial charge is 0.422 e. The fraction of sp³-hybridized carbons (Fsp3) is 0.188. The van der Waals surface area contributed by atoms with Gasteiger partial charge < -0.3 is 15.4 Å². The van der Waals surface area contributed by atoms with Gasteiger partial charge in [-0.1, -0.05) is 36.4 Å². The number of pyridine rings is 1. The van der Waals surface area contributed by atoms with Gasteiger partial charge >= 0.3 is 12.4 Å². The summed E-state index contributed by atoms with van der Waals surface area (Å²) < 4.78 is 95.5. The number of ether oxygens (including phenoxy) is 1. The van der Waals surface area contributed by atoms with Gasteiger partial charge in [0.15, 0.2) is 12.3 Å². The van der Waals surface area contributed by atoms with Crippen LogP contribution in [0.25, 0.3) is 16.8 Å². The molecular weight excluding hydrogens is 635 g/mol. The fourth-order valence-electron chi connectivity index (χ4n) is 4.49. The lowest BCUT2D eigenvalue weighted by Crippen LogP contribution is -2.33. The van der Waals surface area contributed by atoms with Crippen LogP contribution in [0.3, 0.4) is 0 Å². The van der Waals surface area contributed by atoms with Gasteiger partial charge in [0, 0.05) is 30.2 Å². The zero-order valence-corrected chi connectivity index (χ0v) is 24.1. The molecule has 0 aliphatic heterocycles. The summed E-state index contributed by atoms with van der Waals surface area (Å²) in [6, 6.07) is 19.6. The van der Waals surface area contributed by atoms with Crippen molar-refractivity contribution >= 4 is 29.0 Å². The third-order valence-corrected chi connectivity index (χ3v) is 6.67. The Labute approximate surface area is 262 Å². The molecule has 0 saturated carbocycles. The van der Waals surface area contributed by atoms with Crippen molar-refractivity contribution in [2.24, 2.45) is 0 Å². The highest BCUT2D eigenvalue weighted by atomic mass is 19.4. The first-order valence-electron chi connectivity index (χ1n) is 13.9. The molecule has 0 aliphatic carbocycles. The van der Waals surface area contributed by atoms with Crippen molar-refractivity contribution in [3.8, 4) is 16.9 Å². The molecule has 0 bridgehead atoms. The Kier molecular flexibility index (Phi) is 9.44. The minimum absolute atomic E-state index is 0.0280. The van der Waals surface area contributed by atoms with Gasteiger partial charge in [0.2, 0.25) is 5.95 Å². The van der Waals surface area contributed by atoms with Crippen molar-refractivity contribution in [2.45, 2.75) is 25.2 Å². The number of anilines is 2. The molecule has 15 heteroatoms. The van der Waals surface area contributed by atoms with Crippen LogP contribution in [0, 0.1) is 5.82 Å². The van der Waals surface area contributed by atoms with E-state index in [1.54, 1.807) is 35.8 Å². The van der Waals surface area contributed by atoms with Crippen LogP contribution in [-0.4, -0.2) is 51.8 Å². The fourth-order valence-corrected chi connectivity index (χ4v) is 4.49. The van der Waals surface area contributed by atoms with Gasteiger partial charge in [0.1, 0.15) is 23.9 Å². The zero-order valence-electron chi connectivity index (χ0n) is 24.1. The number of carbonyl (C=O) groups is 2. The summed E-state index contributed by atoms with van der Waals surface area (Å²) in [6.45, 7) is -3.35. The van der Waals surface area contributed by atoms with E-state index in [1.165, 1.54) is 16.6 Å². The molecule has 5 aromatic rings. The van der Waals surface area contributed by atoms with E-state index in [1.807, 2.05) is 24.3 Å². The number of ketones is 1. The van der Waals surface area contributed by atoms with Crippen molar-refractivity contribution in [1.82, 2.24) is 19.9 Å². The van der Waals surface area contributed by atoms with Crippen LogP contribution in [-0.2, 0) is 17.6 Å². The molecule has 2 aromatic heterocycles. The standard InChI is InChI=1S/C32H24F7N5O3/c33-24-9-3-20(4-10-24)14-25(45)13-19-1-5-21(6-2-19)23-8-12-28-42-30(43-44(28)16-23)41-26-11-7-22(29(46)40-17-31(34,35)36)15-27(26)47-18-32(37,38)39/h1-12,15-16H,13-14,17-18H2,(H,40,46)(H,41,43). The summed E-state index contributed by atoms with van der Waals surface area (Å²) >= 11 is 0. The van der Waals surface area contributed by atoms with Crippen LogP contribution in [0.1, 0.15) is 21.5 Å². The summed E-state index contributed by atoms with van der Waals surface area (Å²) in [7, 11) is 0. The average molecular weight is 660 g/mol. The van der Waals surface area contributed by atoms with E-state index in [-0.39, 0.29) is 41.6 Å². The molecule has 0 aliphatic rings. The monoisotopic (exact) mass is 659 g/mol. The molecule has 2 N–H and O–H groups in total. The van der Waals surface area contributed by atoms with E-state index in [4.69, 9.17) is 4.74 Å². The SMILES string of the molecule is O=C(Cc1ccc(F)cc1)Cc1ccc(-c2ccc3nc(Nc4ccc(C(=O)NCC(F)(F)F)cc4OCC(F)(F)F)nn3c2)cc1. The van der Waals surface area contributed by atoms with Gasteiger partial charge in [-0.3, -0.25) is 9.59 Å². The van der Waals surface area contributed by atoms with Crippen LogP contribution >= 0.6 is 0 Å². The third-order valence-electron chi connectivity index (χ3n) is 6.67. The molecule has 3 aromatic carbocycles. The number of hydrogen-bond acceptors (Lipinski definition) is 6. The number of amides is 1. The Hall–Kier alpha value is -5.47. The van der Waals surface area contributed by atoms with E-state index < -0.39 is 37.2 Å². The predicted molar refractivity (Wildman–Crippen MR) is 157 cm³/mol. The molecule has 47 heavy (non-hydrogen) atoms. The van der Waals surface area contributed by atoms with Crippen LogP contribution < -0.4 is 15.4 Å². The van der Waals surface area contributed by atoms with Crippen LogP contribution in [0.15, 0.2) is 85.1 Å². The van der Waals surface area contributed by atoms with E-state index in [9.17, 15) is 40.3 Å². The summed E-state index contributed by atoms with van der Waals surface area (Å²) in [6.07, 6.45) is -7.38. The average Bonchev–Trinajstić information content (AvgIpc) is 3.41. The molecule has 0 spiro atoms. The van der Waals surface area contributed by atoms with E-state index in [0.717, 1.165) is 40.5 Å². The van der Waals surface area contributed by atoms with Gasteiger partial charge in [-0.2, -0.15) is 31.3 Å². The van der Waals surface area contributed by atoms with Crippen LogP contribution in [0.2, 0.25) is 0 Å².